The van der Waals surface area contributed by atoms with Crippen LogP contribution in [0.3, 0.4) is 0 Å². The van der Waals surface area contributed by atoms with Crippen molar-refractivity contribution in [2.75, 3.05) is 13.7 Å². The molecule has 0 aliphatic rings. The van der Waals surface area contributed by atoms with E-state index >= 15 is 0 Å². The second-order valence-electron chi connectivity index (χ2n) is 4.78. The van der Waals surface area contributed by atoms with Gasteiger partial charge in [0.15, 0.2) is 5.78 Å². The normalized spacial score (nSPS) is 10.2. The van der Waals surface area contributed by atoms with Crippen molar-refractivity contribution in [3.8, 4) is 11.5 Å². The van der Waals surface area contributed by atoms with Gasteiger partial charge in [-0.05, 0) is 36.8 Å². The highest BCUT2D eigenvalue weighted by molar-refractivity contribution is 5.97. The molecule has 2 rings (SSSR count). The summed E-state index contributed by atoms with van der Waals surface area (Å²) < 4.78 is 10.8. The van der Waals surface area contributed by atoms with Gasteiger partial charge in [0.2, 0.25) is 0 Å². The number of para-hydroxylation sites is 1. The lowest BCUT2D eigenvalue weighted by Crippen LogP contribution is -2.05. The van der Waals surface area contributed by atoms with Gasteiger partial charge in [-0.25, -0.2) is 0 Å². The van der Waals surface area contributed by atoms with E-state index in [4.69, 9.17) is 9.47 Å². The Balaban J connectivity index is 2.06. The molecule has 0 amide bonds. The lowest BCUT2D eigenvalue weighted by atomic mass is 10.0. The van der Waals surface area contributed by atoms with E-state index in [1.807, 2.05) is 48.5 Å². The number of hydrogen-bond donors (Lipinski definition) is 0. The summed E-state index contributed by atoms with van der Waals surface area (Å²) in [5.41, 5.74) is 1.58. The van der Waals surface area contributed by atoms with Crippen LogP contribution in [0.5, 0.6) is 11.5 Å². The molecule has 0 saturated heterocycles. The zero-order valence-electron chi connectivity index (χ0n) is 12.5. The van der Waals surface area contributed by atoms with Gasteiger partial charge in [0.1, 0.15) is 11.5 Å². The van der Waals surface area contributed by atoms with Crippen LogP contribution in [0.15, 0.2) is 48.5 Å². The maximum absolute atomic E-state index is 12.3. The van der Waals surface area contributed by atoms with E-state index in [-0.39, 0.29) is 5.78 Å². The highest BCUT2D eigenvalue weighted by Crippen LogP contribution is 2.20. The van der Waals surface area contributed by atoms with E-state index in [1.54, 1.807) is 7.11 Å². The number of ether oxygens (including phenoxy) is 2. The van der Waals surface area contributed by atoms with Crippen LogP contribution in [0.1, 0.15) is 29.3 Å². The maximum atomic E-state index is 12.3. The average molecular weight is 284 g/mol. The molecule has 110 valence electrons. The van der Waals surface area contributed by atoms with Gasteiger partial charge in [-0.1, -0.05) is 25.1 Å². The van der Waals surface area contributed by atoms with Crippen molar-refractivity contribution >= 4 is 5.78 Å². The van der Waals surface area contributed by atoms with Gasteiger partial charge in [0.05, 0.1) is 13.7 Å². The van der Waals surface area contributed by atoms with Crippen molar-refractivity contribution in [1.82, 2.24) is 0 Å². The predicted molar refractivity (Wildman–Crippen MR) is 83.3 cm³/mol. The van der Waals surface area contributed by atoms with Gasteiger partial charge in [-0.15, -0.1) is 0 Å². The van der Waals surface area contributed by atoms with E-state index in [0.717, 1.165) is 23.5 Å². The Hall–Kier alpha value is -2.29. The standard InChI is InChI=1S/C18H20O3/c1-3-12-21-16-10-8-14(9-11-16)17(19)13-15-6-4-5-7-18(15)20-2/h4-11H,3,12-13H2,1-2H3. The highest BCUT2D eigenvalue weighted by atomic mass is 16.5. The summed E-state index contributed by atoms with van der Waals surface area (Å²) in [5.74, 6) is 1.61. The minimum atomic E-state index is 0.0709. The molecule has 0 bridgehead atoms. The highest BCUT2D eigenvalue weighted by Gasteiger charge is 2.10. The number of rotatable bonds is 7. The number of benzene rings is 2. The first-order valence-electron chi connectivity index (χ1n) is 7.12. The fourth-order valence-electron chi connectivity index (χ4n) is 2.08. The molecule has 0 aliphatic carbocycles. The topological polar surface area (TPSA) is 35.5 Å². The summed E-state index contributed by atoms with van der Waals surface area (Å²) in [5, 5.41) is 0. The van der Waals surface area contributed by atoms with Gasteiger partial charge in [0.25, 0.3) is 0 Å². The first kappa shape index (κ1) is 15.1. The molecule has 3 heteroatoms. The van der Waals surface area contributed by atoms with Crippen LogP contribution in [0.25, 0.3) is 0 Å². The third-order valence-corrected chi connectivity index (χ3v) is 3.19. The lowest BCUT2D eigenvalue weighted by molar-refractivity contribution is 0.0992. The van der Waals surface area contributed by atoms with Crippen molar-refractivity contribution in [2.45, 2.75) is 19.8 Å². The average Bonchev–Trinajstić information content (AvgIpc) is 2.54. The molecule has 0 radical (unpaired) electrons. The molecule has 21 heavy (non-hydrogen) atoms. The van der Waals surface area contributed by atoms with Crippen LogP contribution in [0, 0.1) is 0 Å². The smallest absolute Gasteiger partial charge is 0.167 e. The Morgan fingerprint density at radius 2 is 1.76 bits per heavy atom. The first-order chi connectivity index (χ1) is 10.2. The first-order valence-corrected chi connectivity index (χ1v) is 7.12. The van der Waals surface area contributed by atoms with E-state index in [9.17, 15) is 4.79 Å². The van der Waals surface area contributed by atoms with E-state index in [1.165, 1.54) is 0 Å². The van der Waals surface area contributed by atoms with Gasteiger partial charge in [-0.3, -0.25) is 4.79 Å². The van der Waals surface area contributed by atoms with Crippen molar-refractivity contribution in [3.63, 3.8) is 0 Å². The van der Waals surface area contributed by atoms with Crippen LogP contribution in [0.4, 0.5) is 0 Å². The molecule has 0 aromatic heterocycles. The van der Waals surface area contributed by atoms with Crippen LogP contribution in [-0.4, -0.2) is 19.5 Å². The molecule has 2 aromatic carbocycles. The van der Waals surface area contributed by atoms with Crippen molar-refractivity contribution in [1.29, 1.82) is 0 Å². The molecule has 0 saturated carbocycles. The van der Waals surface area contributed by atoms with Crippen molar-refractivity contribution in [3.05, 3.63) is 59.7 Å². The minimum Gasteiger partial charge on any atom is -0.496 e. The Labute approximate surface area is 125 Å². The molecule has 0 fully saturated rings. The zero-order valence-corrected chi connectivity index (χ0v) is 12.5. The molecule has 3 nitrogen and oxygen atoms in total. The number of Topliss-reactive ketones (excluding diaryl/α,β-unsaturated/α-hetero) is 1. The SMILES string of the molecule is CCCOc1ccc(C(=O)Cc2ccccc2OC)cc1. The molecular formula is C18H20O3. The van der Waals surface area contributed by atoms with Gasteiger partial charge < -0.3 is 9.47 Å². The van der Waals surface area contributed by atoms with Gasteiger partial charge >= 0.3 is 0 Å². The summed E-state index contributed by atoms with van der Waals surface area (Å²) in [7, 11) is 1.61. The third-order valence-electron chi connectivity index (χ3n) is 3.19. The van der Waals surface area contributed by atoms with E-state index in [0.29, 0.717) is 18.6 Å². The molecule has 0 aliphatic heterocycles. The third kappa shape index (κ3) is 4.09. The molecular weight excluding hydrogens is 264 g/mol. The Morgan fingerprint density at radius 1 is 1.05 bits per heavy atom. The summed E-state index contributed by atoms with van der Waals surface area (Å²) in [6.45, 7) is 2.75. The predicted octanol–water partition coefficient (Wildman–Crippen LogP) is 3.91. The number of hydrogen-bond acceptors (Lipinski definition) is 3. The maximum Gasteiger partial charge on any atom is 0.167 e. The zero-order chi connectivity index (χ0) is 15.1. The van der Waals surface area contributed by atoms with Gasteiger partial charge in [0, 0.05) is 17.5 Å². The van der Waals surface area contributed by atoms with Gasteiger partial charge in [-0.2, -0.15) is 0 Å². The quantitative estimate of drug-likeness (QED) is 0.723. The lowest BCUT2D eigenvalue weighted by Gasteiger charge is -2.08. The van der Waals surface area contributed by atoms with Crippen LogP contribution >= 0.6 is 0 Å². The number of carbonyl (C=O) groups excluding carboxylic acids is 1. The minimum absolute atomic E-state index is 0.0709. The van der Waals surface area contributed by atoms with E-state index in [2.05, 4.69) is 6.92 Å². The Bertz CT molecular complexity index is 588. The molecule has 2 aromatic rings. The van der Waals surface area contributed by atoms with Crippen LogP contribution in [-0.2, 0) is 6.42 Å². The van der Waals surface area contributed by atoms with Crippen LogP contribution in [0.2, 0.25) is 0 Å². The molecule has 0 spiro atoms. The fourth-order valence-corrected chi connectivity index (χ4v) is 2.08. The molecule has 0 N–H and O–H groups in total. The number of ketones is 1. The summed E-state index contributed by atoms with van der Waals surface area (Å²) in [4.78, 5) is 12.3. The molecule has 0 heterocycles. The summed E-state index contributed by atoms with van der Waals surface area (Å²) in [6.07, 6.45) is 1.30. The Kier molecular flexibility index (Phi) is 5.38. The fraction of sp³-hybridized carbons (Fsp3) is 0.278. The van der Waals surface area contributed by atoms with Crippen molar-refractivity contribution < 1.29 is 14.3 Å². The summed E-state index contributed by atoms with van der Waals surface area (Å²) >= 11 is 0. The van der Waals surface area contributed by atoms with Crippen molar-refractivity contribution in [2.24, 2.45) is 0 Å². The molecule has 0 atom stereocenters. The monoisotopic (exact) mass is 284 g/mol. The number of carbonyl (C=O) groups is 1. The van der Waals surface area contributed by atoms with Crippen LogP contribution < -0.4 is 9.47 Å². The largest absolute Gasteiger partial charge is 0.496 e. The molecule has 0 unspecified atom stereocenters. The Morgan fingerprint density at radius 3 is 2.43 bits per heavy atom. The summed E-state index contributed by atoms with van der Waals surface area (Å²) in [6, 6.07) is 14.9. The number of methoxy groups -OCH3 is 1. The van der Waals surface area contributed by atoms with E-state index < -0.39 is 0 Å². The second kappa shape index (κ2) is 7.48. The second-order valence-corrected chi connectivity index (χ2v) is 4.78.